The first-order valence-corrected chi connectivity index (χ1v) is 10.1. The molecule has 27 heavy (non-hydrogen) atoms. The van der Waals surface area contributed by atoms with E-state index in [9.17, 15) is 4.79 Å². The highest BCUT2D eigenvalue weighted by molar-refractivity contribution is 5.77. The summed E-state index contributed by atoms with van der Waals surface area (Å²) in [5.41, 5.74) is 4.69. The van der Waals surface area contributed by atoms with Gasteiger partial charge in [-0.2, -0.15) is 0 Å². The molecule has 0 spiro atoms. The lowest BCUT2D eigenvalue weighted by Gasteiger charge is -2.41. The highest BCUT2D eigenvalue weighted by atomic mass is 16.5. The Bertz CT molecular complexity index is 808. The zero-order chi connectivity index (χ0) is 19.4. The Labute approximate surface area is 163 Å². The molecule has 0 saturated heterocycles. The number of aryl methyl sites for hydroxylation is 3. The van der Waals surface area contributed by atoms with Crippen molar-refractivity contribution >= 4 is 5.91 Å². The molecule has 0 aliphatic carbocycles. The Morgan fingerprint density at radius 2 is 1.85 bits per heavy atom. The van der Waals surface area contributed by atoms with Gasteiger partial charge in [0.25, 0.3) is 0 Å². The summed E-state index contributed by atoms with van der Waals surface area (Å²) in [7, 11) is 0. The molecule has 2 aromatic carbocycles. The molecule has 0 fully saturated rings. The molecule has 0 saturated carbocycles. The number of hydrogen-bond donors (Lipinski definition) is 1. The Morgan fingerprint density at radius 1 is 1.11 bits per heavy atom. The third kappa shape index (κ3) is 4.35. The number of carbonyl (C=O) groups is 1. The van der Waals surface area contributed by atoms with Crippen molar-refractivity contribution in [2.24, 2.45) is 0 Å². The Balaban J connectivity index is 1.69. The maximum absolute atomic E-state index is 12.7. The third-order valence-electron chi connectivity index (χ3n) is 6.03. The first-order chi connectivity index (χ1) is 13.0. The van der Waals surface area contributed by atoms with Crippen molar-refractivity contribution in [2.45, 2.75) is 71.4 Å². The van der Waals surface area contributed by atoms with Gasteiger partial charge in [-0.05, 0) is 55.9 Å². The number of ether oxygens (including phenoxy) is 1. The minimum atomic E-state index is -0.194. The van der Waals surface area contributed by atoms with Crippen LogP contribution in [-0.2, 0) is 11.2 Å². The number of nitrogens with one attached hydrogen (secondary N) is 1. The second kappa shape index (κ2) is 8.16. The van der Waals surface area contributed by atoms with Crippen molar-refractivity contribution in [1.29, 1.82) is 0 Å². The average molecular weight is 366 g/mol. The van der Waals surface area contributed by atoms with E-state index in [2.05, 4.69) is 57.3 Å². The summed E-state index contributed by atoms with van der Waals surface area (Å²) in [5.74, 6) is 1.02. The van der Waals surface area contributed by atoms with Gasteiger partial charge < -0.3 is 10.1 Å². The predicted octanol–water partition coefficient (Wildman–Crippen LogP) is 5.43. The monoisotopic (exact) mass is 365 g/mol. The van der Waals surface area contributed by atoms with E-state index in [0.717, 1.165) is 37.0 Å². The lowest BCUT2D eigenvalue weighted by Crippen LogP contribution is -2.44. The van der Waals surface area contributed by atoms with E-state index in [0.29, 0.717) is 6.42 Å². The lowest BCUT2D eigenvalue weighted by atomic mass is 9.83. The molecule has 0 radical (unpaired) electrons. The van der Waals surface area contributed by atoms with Crippen molar-refractivity contribution in [1.82, 2.24) is 5.32 Å². The molecule has 3 rings (SSSR count). The van der Waals surface area contributed by atoms with Gasteiger partial charge in [0.1, 0.15) is 11.4 Å². The first kappa shape index (κ1) is 19.5. The van der Waals surface area contributed by atoms with Crippen molar-refractivity contribution in [3.05, 3.63) is 64.7 Å². The van der Waals surface area contributed by atoms with Gasteiger partial charge in [-0.15, -0.1) is 0 Å². The third-order valence-corrected chi connectivity index (χ3v) is 6.03. The summed E-state index contributed by atoms with van der Waals surface area (Å²) in [6.07, 6.45) is 3.98. The van der Waals surface area contributed by atoms with Crippen LogP contribution in [0.2, 0.25) is 0 Å². The topological polar surface area (TPSA) is 38.3 Å². The van der Waals surface area contributed by atoms with Crippen LogP contribution in [0.25, 0.3) is 0 Å². The average Bonchev–Trinajstić information content (AvgIpc) is 2.68. The lowest BCUT2D eigenvalue weighted by molar-refractivity contribution is -0.122. The van der Waals surface area contributed by atoms with E-state index < -0.39 is 0 Å². The minimum absolute atomic E-state index is 0.0158. The van der Waals surface area contributed by atoms with E-state index in [4.69, 9.17) is 4.74 Å². The highest BCUT2D eigenvalue weighted by Gasteiger charge is 2.38. The van der Waals surface area contributed by atoms with Crippen LogP contribution in [0, 0.1) is 13.8 Å². The normalized spacial score (nSPS) is 17.7. The zero-order valence-corrected chi connectivity index (χ0v) is 17.0. The fourth-order valence-corrected chi connectivity index (χ4v) is 3.91. The summed E-state index contributed by atoms with van der Waals surface area (Å²) in [5, 5.41) is 3.28. The van der Waals surface area contributed by atoms with E-state index >= 15 is 0 Å². The standard InChI is InChI=1S/C24H31NO2/c1-5-24(6-2)16-21(20-9-7-8-10-22(20)27-24)25-23(26)14-13-19-12-11-17(3)18(4)15-19/h7-12,15,21H,5-6,13-14,16H2,1-4H3,(H,25,26)/t21-/m1/s1. The van der Waals surface area contributed by atoms with Crippen LogP contribution in [0.1, 0.15) is 67.8 Å². The van der Waals surface area contributed by atoms with Crippen LogP contribution in [0.5, 0.6) is 5.75 Å². The van der Waals surface area contributed by atoms with Crippen molar-refractivity contribution in [3.63, 3.8) is 0 Å². The molecule has 1 aliphatic rings. The predicted molar refractivity (Wildman–Crippen MR) is 110 cm³/mol. The molecule has 0 aromatic heterocycles. The second-order valence-corrected chi connectivity index (χ2v) is 7.77. The molecule has 1 atom stereocenters. The summed E-state index contributed by atoms with van der Waals surface area (Å²) < 4.78 is 6.33. The van der Waals surface area contributed by atoms with Gasteiger partial charge >= 0.3 is 0 Å². The van der Waals surface area contributed by atoms with Crippen molar-refractivity contribution in [3.8, 4) is 5.75 Å². The summed E-state index contributed by atoms with van der Waals surface area (Å²) in [6, 6.07) is 14.6. The van der Waals surface area contributed by atoms with Crippen LogP contribution in [-0.4, -0.2) is 11.5 Å². The molecular weight excluding hydrogens is 334 g/mol. The molecule has 1 heterocycles. The molecule has 3 nitrogen and oxygen atoms in total. The quantitative estimate of drug-likeness (QED) is 0.741. The molecule has 144 valence electrons. The Morgan fingerprint density at radius 3 is 2.56 bits per heavy atom. The molecular formula is C24H31NO2. The molecule has 3 heteroatoms. The minimum Gasteiger partial charge on any atom is -0.487 e. The number of benzene rings is 2. The maximum atomic E-state index is 12.7. The van der Waals surface area contributed by atoms with E-state index in [1.54, 1.807) is 0 Å². The van der Waals surface area contributed by atoms with Gasteiger partial charge in [0.05, 0.1) is 6.04 Å². The zero-order valence-electron chi connectivity index (χ0n) is 17.0. The van der Waals surface area contributed by atoms with Crippen molar-refractivity contribution in [2.75, 3.05) is 0 Å². The number of fused-ring (bicyclic) bond motifs is 1. The fourth-order valence-electron chi connectivity index (χ4n) is 3.91. The highest BCUT2D eigenvalue weighted by Crippen LogP contribution is 2.42. The molecule has 1 amide bonds. The van der Waals surface area contributed by atoms with Crippen molar-refractivity contribution < 1.29 is 9.53 Å². The Hall–Kier alpha value is -2.29. The van der Waals surface area contributed by atoms with Crippen LogP contribution in [0.4, 0.5) is 0 Å². The van der Waals surface area contributed by atoms with E-state index in [1.165, 1.54) is 16.7 Å². The molecule has 0 bridgehead atoms. The number of amides is 1. The van der Waals surface area contributed by atoms with Crippen LogP contribution in [0.3, 0.4) is 0 Å². The van der Waals surface area contributed by atoms with Gasteiger partial charge in [0.15, 0.2) is 0 Å². The number of para-hydroxylation sites is 1. The largest absolute Gasteiger partial charge is 0.487 e. The fraction of sp³-hybridized carbons (Fsp3) is 0.458. The molecule has 2 aromatic rings. The van der Waals surface area contributed by atoms with Crippen LogP contribution in [0.15, 0.2) is 42.5 Å². The molecule has 0 unspecified atom stereocenters. The van der Waals surface area contributed by atoms with Gasteiger partial charge in [0, 0.05) is 18.4 Å². The van der Waals surface area contributed by atoms with Gasteiger partial charge in [0.2, 0.25) is 5.91 Å². The molecule has 1 aliphatic heterocycles. The summed E-state index contributed by atoms with van der Waals surface area (Å²) >= 11 is 0. The maximum Gasteiger partial charge on any atom is 0.220 e. The van der Waals surface area contributed by atoms with Gasteiger partial charge in [-0.1, -0.05) is 50.2 Å². The number of rotatable bonds is 6. The van der Waals surface area contributed by atoms with E-state index in [-0.39, 0.29) is 17.6 Å². The SMILES string of the molecule is CCC1(CC)C[C@@H](NC(=O)CCc2ccc(C)c(C)c2)c2ccccc2O1. The first-order valence-electron chi connectivity index (χ1n) is 10.1. The number of carbonyl (C=O) groups excluding carboxylic acids is 1. The number of hydrogen-bond acceptors (Lipinski definition) is 2. The summed E-state index contributed by atoms with van der Waals surface area (Å²) in [6.45, 7) is 8.56. The van der Waals surface area contributed by atoms with E-state index in [1.807, 2.05) is 18.2 Å². The smallest absolute Gasteiger partial charge is 0.220 e. The Kier molecular flexibility index (Phi) is 5.88. The second-order valence-electron chi connectivity index (χ2n) is 7.77. The summed E-state index contributed by atoms with van der Waals surface area (Å²) in [4.78, 5) is 12.7. The molecule has 1 N–H and O–H groups in total. The van der Waals surface area contributed by atoms with Crippen LogP contribution < -0.4 is 10.1 Å². The van der Waals surface area contributed by atoms with Gasteiger partial charge in [-0.25, -0.2) is 0 Å². The van der Waals surface area contributed by atoms with Crippen LogP contribution >= 0.6 is 0 Å². The van der Waals surface area contributed by atoms with Gasteiger partial charge in [-0.3, -0.25) is 4.79 Å².